The van der Waals surface area contributed by atoms with Crippen molar-refractivity contribution >= 4 is 11.3 Å². The number of aliphatic hydroxyl groups is 1. The maximum atomic E-state index is 10.3. The summed E-state index contributed by atoms with van der Waals surface area (Å²) in [5, 5.41) is 12.3. The van der Waals surface area contributed by atoms with Crippen LogP contribution in [-0.4, -0.2) is 33.7 Å². The van der Waals surface area contributed by atoms with Crippen LogP contribution in [0.15, 0.2) is 21.9 Å². The average molecular weight is 292 g/mol. The molecule has 1 fully saturated rings. The van der Waals surface area contributed by atoms with E-state index in [0.717, 1.165) is 22.9 Å². The summed E-state index contributed by atoms with van der Waals surface area (Å²) in [6.07, 6.45) is 0. The van der Waals surface area contributed by atoms with E-state index < -0.39 is 5.60 Å². The molecule has 0 bridgehead atoms. The van der Waals surface area contributed by atoms with Crippen LogP contribution in [0.3, 0.4) is 0 Å². The molecule has 1 saturated heterocycles. The predicted molar refractivity (Wildman–Crippen MR) is 79.6 cm³/mol. The first kappa shape index (κ1) is 13.8. The molecule has 108 valence electrons. The second-order valence-corrected chi connectivity index (χ2v) is 6.85. The molecule has 0 unspecified atom stereocenters. The van der Waals surface area contributed by atoms with Crippen molar-refractivity contribution in [3.05, 3.63) is 29.0 Å². The number of aryl methyl sites for hydroxylation is 1. The highest BCUT2D eigenvalue weighted by Crippen LogP contribution is 2.31. The minimum atomic E-state index is -0.534. The summed E-state index contributed by atoms with van der Waals surface area (Å²) in [5.41, 5.74) is 0.438. The van der Waals surface area contributed by atoms with Crippen molar-refractivity contribution in [1.82, 2.24) is 9.88 Å². The fourth-order valence-electron chi connectivity index (χ4n) is 2.50. The maximum absolute atomic E-state index is 10.3. The van der Waals surface area contributed by atoms with Gasteiger partial charge in [0, 0.05) is 19.6 Å². The molecule has 3 heterocycles. The van der Waals surface area contributed by atoms with Crippen molar-refractivity contribution < 1.29 is 9.52 Å². The van der Waals surface area contributed by atoms with Crippen LogP contribution in [0.1, 0.15) is 25.3 Å². The molecule has 4 nitrogen and oxygen atoms in total. The zero-order chi connectivity index (χ0) is 14.3. The molecule has 1 aliphatic rings. The number of aromatic nitrogens is 1. The fourth-order valence-corrected chi connectivity index (χ4v) is 3.15. The molecule has 0 saturated carbocycles. The van der Waals surface area contributed by atoms with Gasteiger partial charge in [0.2, 0.25) is 5.89 Å². The Morgan fingerprint density at radius 3 is 2.85 bits per heavy atom. The van der Waals surface area contributed by atoms with Crippen molar-refractivity contribution in [3.8, 4) is 10.8 Å². The van der Waals surface area contributed by atoms with E-state index in [1.807, 2.05) is 24.4 Å². The van der Waals surface area contributed by atoms with Gasteiger partial charge in [0.15, 0.2) is 0 Å². The summed E-state index contributed by atoms with van der Waals surface area (Å²) in [5.74, 6) is 1.86. The molecule has 1 aliphatic heterocycles. The number of oxazole rings is 1. The third kappa shape index (κ3) is 2.41. The third-order valence-electron chi connectivity index (χ3n) is 4.07. The average Bonchev–Trinajstić information content (AvgIpc) is 2.97. The molecule has 0 aromatic carbocycles. The van der Waals surface area contributed by atoms with E-state index in [-0.39, 0.29) is 0 Å². The first-order valence-electron chi connectivity index (χ1n) is 6.93. The Morgan fingerprint density at radius 2 is 2.25 bits per heavy atom. The number of β-amino-alcohol motifs (C(OH)–C–C–N with tert-alkyl or cyclic N) is 1. The van der Waals surface area contributed by atoms with E-state index in [1.165, 1.54) is 0 Å². The van der Waals surface area contributed by atoms with Crippen molar-refractivity contribution in [2.45, 2.75) is 32.9 Å². The molecule has 0 atom stereocenters. The number of likely N-dealkylation sites (tertiary alicyclic amines) is 1. The Morgan fingerprint density at radius 1 is 1.50 bits per heavy atom. The first-order valence-corrected chi connectivity index (χ1v) is 7.81. The van der Waals surface area contributed by atoms with Gasteiger partial charge in [0.05, 0.1) is 16.2 Å². The van der Waals surface area contributed by atoms with Crippen LogP contribution in [0.2, 0.25) is 0 Å². The summed E-state index contributed by atoms with van der Waals surface area (Å²) in [6.45, 7) is 8.25. The molecule has 1 N–H and O–H groups in total. The highest BCUT2D eigenvalue weighted by Gasteiger charge is 2.43. The van der Waals surface area contributed by atoms with E-state index in [9.17, 15) is 5.11 Å². The second kappa shape index (κ2) is 4.98. The van der Waals surface area contributed by atoms with Crippen LogP contribution >= 0.6 is 11.3 Å². The number of hydrogen-bond acceptors (Lipinski definition) is 5. The van der Waals surface area contributed by atoms with E-state index in [4.69, 9.17) is 4.42 Å². The highest BCUT2D eigenvalue weighted by atomic mass is 32.1. The molecule has 0 amide bonds. The zero-order valence-electron chi connectivity index (χ0n) is 12.1. The number of nitrogens with zero attached hydrogens (tertiary/aromatic N) is 2. The van der Waals surface area contributed by atoms with Gasteiger partial charge in [-0.05, 0) is 24.3 Å². The third-order valence-corrected chi connectivity index (χ3v) is 4.93. The summed E-state index contributed by atoms with van der Waals surface area (Å²) in [4.78, 5) is 7.86. The minimum Gasteiger partial charge on any atom is -0.440 e. The van der Waals surface area contributed by atoms with Crippen LogP contribution in [0, 0.1) is 12.8 Å². The van der Waals surface area contributed by atoms with Crippen LogP contribution in [0.5, 0.6) is 0 Å². The molecule has 20 heavy (non-hydrogen) atoms. The van der Waals surface area contributed by atoms with Gasteiger partial charge in [-0.25, -0.2) is 4.98 Å². The predicted octanol–water partition coefficient (Wildman–Crippen LogP) is 2.91. The van der Waals surface area contributed by atoms with Gasteiger partial charge in [0.25, 0.3) is 0 Å². The molecule has 0 radical (unpaired) electrons. The Balaban J connectivity index is 1.68. The summed E-state index contributed by atoms with van der Waals surface area (Å²) >= 11 is 1.63. The Labute approximate surface area is 123 Å². The highest BCUT2D eigenvalue weighted by molar-refractivity contribution is 7.13. The van der Waals surface area contributed by atoms with Crippen LogP contribution in [0.25, 0.3) is 10.8 Å². The van der Waals surface area contributed by atoms with Gasteiger partial charge in [-0.15, -0.1) is 11.3 Å². The van der Waals surface area contributed by atoms with E-state index >= 15 is 0 Å². The summed E-state index contributed by atoms with van der Waals surface area (Å²) < 4.78 is 5.74. The lowest BCUT2D eigenvalue weighted by atomic mass is 9.83. The van der Waals surface area contributed by atoms with Gasteiger partial charge in [0.1, 0.15) is 5.76 Å². The number of hydrogen-bond donors (Lipinski definition) is 1. The Bertz CT molecular complexity index is 583. The van der Waals surface area contributed by atoms with Crippen LogP contribution < -0.4 is 0 Å². The molecule has 3 rings (SSSR count). The molecular weight excluding hydrogens is 272 g/mol. The largest absolute Gasteiger partial charge is 0.440 e. The first-order chi connectivity index (χ1) is 9.48. The fraction of sp³-hybridized carbons (Fsp3) is 0.533. The summed E-state index contributed by atoms with van der Waals surface area (Å²) in [6, 6.07) is 4.01. The quantitative estimate of drug-likeness (QED) is 0.941. The lowest BCUT2D eigenvalue weighted by Crippen LogP contribution is -2.63. The number of rotatable bonds is 4. The van der Waals surface area contributed by atoms with E-state index in [2.05, 4.69) is 23.7 Å². The molecule has 2 aromatic heterocycles. The standard InChI is InChI=1S/C15H20N2O2S/c1-10(2)15(18)8-17(9-15)7-12-11(3)19-14(16-12)13-5-4-6-20-13/h4-6,10,18H,7-9H2,1-3H3. The van der Waals surface area contributed by atoms with Gasteiger partial charge >= 0.3 is 0 Å². The minimum absolute atomic E-state index is 0.291. The van der Waals surface area contributed by atoms with Crippen molar-refractivity contribution in [2.24, 2.45) is 5.92 Å². The smallest absolute Gasteiger partial charge is 0.236 e. The monoisotopic (exact) mass is 292 g/mol. The van der Waals surface area contributed by atoms with Crippen LogP contribution in [0.4, 0.5) is 0 Å². The number of thiophene rings is 1. The lowest BCUT2D eigenvalue weighted by molar-refractivity contribution is -0.131. The Kier molecular flexibility index (Phi) is 3.44. The topological polar surface area (TPSA) is 49.5 Å². The second-order valence-electron chi connectivity index (χ2n) is 5.90. The summed E-state index contributed by atoms with van der Waals surface area (Å²) in [7, 11) is 0. The molecule has 0 aliphatic carbocycles. The van der Waals surface area contributed by atoms with Crippen LogP contribution in [-0.2, 0) is 6.54 Å². The lowest BCUT2D eigenvalue weighted by Gasteiger charge is -2.49. The SMILES string of the molecule is Cc1oc(-c2cccs2)nc1CN1CC(O)(C(C)C)C1. The van der Waals surface area contributed by atoms with Gasteiger partial charge in [-0.1, -0.05) is 19.9 Å². The van der Waals surface area contributed by atoms with Crippen molar-refractivity contribution in [2.75, 3.05) is 13.1 Å². The normalized spacial score (nSPS) is 18.4. The molecule has 0 spiro atoms. The zero-order valence-corrected chi connectivity index (χ0v) is 12.9. The maximum Gasteiger partial charge on any atom is 0.236 e. The van der Waals surface area contributed by atoms with Crippen molar-refractivity contribution in [1.29, 1.82) is 0 Å². The Hall–Kier alpha value is -1.17. The van der Waals surface area contributed by atoms with E-state index in [0.29, 0.717) is 24.9 Å². The van der Waals surface area contributed by atoms with Gasteiger partial charge in [-0.2, -0.15) is 0 Å². The molecule has 5 heteroatoms. The van der Waals surface area contributed by atoms with Crippen molar-refractivity contribution in [3.63, 3.8) is 0 Å². The van der Waals surface area contributed by atoms with Gasteiger partial charge in [-0.3, -0.25) is 4.90 Å². The van der Waals surface area contributed by atoms with E-state index in [1.54, 1.807) is 11.3 Å². The van der Waals surface area contributed by atoms with Gasteiger partial charge < -0.3 is 9.52 Å². The molecular formula is C15H20N2O2S. The molecule has 2 aromatic rings.